The molecular formula is C21H24ClN5O5S. The maximum atomic E-state index is 11.1. The molecule has 0 bridgehead atoms. The van der Waals surface area contributed by atoms with E-state index in [0.717, 1.165) is 17.3 Å². The molecule has 3 N–H and O–H groups in total. The van der Waals surface area contributed by atoms with Crippen LogP contribution in [-0.4, -0.2) is 58.1 Å². The number of aromatic nitrogens is 1. The molecule has 1 aromatic heterocycles. The summed E-state index contributed by atoms with van der Waals surface area (Å²) in [6, 6.07) is 10.1. The van der Waals surface area contributed by atoms with Gasteiger partial charge in [-0.25, -0.2) is 0 Å². The first-order valence-corrected chi connectivity index (χ1v) is 11.7. The number of thioether (sulfide) groups is 1. The van der Waals surface area contributed by atoms with E-state index in [4.69, 9.17) is 31.3 Å². The molecule has 0 saturated carbocycles. The molecule has 7 atom stereocenters. The van der Waals surface area contributed by atoms with Crippen molar-refractivity contribution in [1.82, 2.24) is 10.3 Å². The van der Waals surface area contributed by atoms with E-state index in [2.05, 4.69) is 20.3 Å². The summed E-state index contributed by atoms with van der Waals surface area (Å²) in [5.74, 6) is 0. The minimum atomic E-state index is -1.19. The summed E-state index contributed by atoms with van der Waals surface area (Å²) in [6.45, 7) is 2.57. The van der Waals surface area contributed by atoms with Gasteiger partial charge in [-0.05, 0) is 18.1 Å². The van der Waals surface area contributed by atoms with Crippen molar-refractivity contribution in [3.8, 4) is 0 Å². The average Bonchev–Trinajstić information content (AvgIpc) is 2.82. The summed E-state index contributed by atoms with van der Waals surface area (Å²) < 4.78 is 18.0. The fourth-order valence-electron chi connectivity index (χ4n) is 3.79. The number of nitrogens with zero attached hydrogens (tertiary/aromatic N) is 4. The normalized spacial score (nSPS) is 30.2. The Morgan fingerprint density at radius 1 is 1.36 bits per heavy atom. The molecule has 0 spiro atoms. The van der Waals surface area contributed by atoms with Gasteiger partial charge in [0.15, 0.2) is 6.29 Å². The highest BCUT2D eigenvalue weighted by Gasteiger charge is 2.49. The predicted octanol–water partition coefficient (Wildman–Crippen LogP) is 3.31. The highest BCUT2D eigenvalue weighted by molar-refractivity contribution is 7.99. The van der Waals surface area contributed by atoms with Gasteiger partial charge in [0.2, 0.25) is 0 Å². The van der Waals surface area contributed by atoms with E-state index in [1.165, 1.54) is 6.20 Å². The monoisotopic (exact) mass is 493 g/mol. The Labute approximate surface area is 199 Å². The fraction of sp³-hybridized carbons (Fsp3) is 0.476. The number of rotatable bonds is 7. The molecule has 0 aliphatic carbocycles. The average molecular weight is 494 g/mol. The molecule has 33 heavy (non-hydrogen) atoms. The van der Waals surface area contributed by atoms with Crippen molar-refractivity contribution >= 4 is 23.4 Å². The molecule has 2 fully saturated rings. The second-order valence-electron chi connectivity index (χ2n) is 7.52. The highest BCUT2D eigenvalue weighted by atomic mass is 35.5. The number of fused-ring (bicyclic) bond motifs is 1. The summed E-state index contributed by atoms with van der Waals surface area (Å²) >= 11 is 7.26. The molecule has 10 nitrogen and oxygen atoms in total. The maximum absolute atomic E-state index is 11.1. The lowest BCUT2D eigenvalue weighted by atomic mass is 9.97. The van der Waals surface area contributed by atoms with Crippen LogP contribution in [-0.2, 0) is 14.2 Å². The summed E-state index contributed by atoms with van der Waals surface area (Å²) in [6.07, 6.45) is -2.71. The first-order valence-electron chi connectivity index (χ1n) is 10.4. The molecule has 12 heteroatoms. The maximum Gasteiger partial charge on any atom is 0.184 e. The van der Waals surface area contributed by atoms with Crippen molar-refractivity contribution in [3.05, 3.63) is 69.3 Å². The fourth-order valence-corrected chi connectivity index (χ4v) is 5.25. The lowest BCUT2D eigenvalue weighted by molar-refractivity contribution is -0.297. The summed E-state index contributed by atoms with van der Waals surface area (Å²) in [5.41, 5.74) is 9.47. The van der Waals surface area contributed by atoms with Gasteiger partial charge in [0.05, 0.1) is 23.4 Å². The van der Waals surface area contributed by atoms with Gasteiger partial charge in [-0.15, -0.1) is 0 Å². The van der Waals surface area contributed by atoms with Crippen molar-refractivity contribution in [2.75, 3.05) is 13.2 Å². The topological polar surface area (TPSA) is 142 Å². The first kappa shape index (κ1) is 24.2. The third-order valence-electron chi connectivity index (χ3n) is 5.34. The Hall–Kier alpha value is -1.92. The summed E-state index contributed by atoms with van der Waals surface area (Å²) in [5, 5.41) is 28.6. The highest BCUT2D eigenvalue weighted by Crippen LogP contribution is 2.41. The van der Waals surface area contributed by atoms with E-state index in [1.54, 1.807) is 6.07 Å². The molecule has 4 rings (SSSR count). The van der Waals surface area contributed by atoms with Gasteiger partial charge in [-0.2, -0.15) is 0 Å². The lowest BCUT2D eigenvalue weighted by Crippen LogP contribution is -2.60. The molecule has 3 heterocycles. The zero-order valence-corrected chi connectivity index (χ0v) is 19.3. The standard InChI is InChI=1S/C21H24ClN5O5S/c1-2-24-19(29)15-14(8-12(22)9-25-15)33-21-17(28)16(26-27-23)18-13(31-21)10-30-20(32-18)11-6-4-3-5-7-11/h3-9,13,16-21,24,28-29H,2,10H2,1H3/t13?,16?,17-,18+,19?,20?,21-/m1/s1. The van der Waals surface area contributed by atoms with E-state index in [1.807, 2.05) is 37.3 Å². The quantitative estimate of drug-likeness (QED) is 0.231. The molecular weight excluding hydrogens is 470 g/mol. The van der Waals surface area contributed by atoms with E-state index in [-0.39, 0.29) is 6.61 Å². The number of hydrogen-bond acceptors (Lipinski definition) is 9. The van der Waals surface area contributed by atoms with E-state index >= 15 is 0 Å². The number of aliphatic hydroxyl groups excluding tert-OH is 2. The zero-order valence-electron chi connectivity index (χ0n) is 17.7. The van der Waals surface area contributed by atoms with Crippen LogP contribution in [0.3, 0.4) is 0 Å². The third kappa shape index (κ3) is 5.43. The molecule has 2 aliphatic heterocycles. The number of pyridine rings is 1. The largest absolute Gasteiger partial charge is 0.389 e. The second kappa shape index (κ2) is 11.0. The predicted molar refractivity (Wildman–Crippen MR) is 121 cm³/mol. The minimum Gasteiger partial charge on any atom is -0.389 e. The number of ether oxygens (including phenoxy) is 3. The molecule has 2 aliphatic rings. The van der Waals surface area contributed by atoms with E-state index in [9.17, 15) is 10.2 Å². The van der Waals surface area contributed by atoms with Gasteiger partial charge in [-0.3, -0.25) is 10.3 Å². The number of nitrogens with one attached hydrogen (secondary N) is 1. The van der Waals surface area contributed by atoms with E-state index < -0.39 is 42.3 Å². The Balaban J connectivity index is 1.56. The lowest BCUT2D eigenvalue weighted by Gasteiger charge is -2.46. The number of hydrogen-bond donors (Lipinski definition) is 3. The van der Waals surface area contributed by atoms with Crippen LogP contribution < -0.4 is 5.32 Å². The van der Waals surface area contributed by atoms with Gasteiger partial charge in [0.25, 0.3) is 0 Å². The number of halogens is 1. The van der Waals surface area contributed by atoms with Crippen LogP contribution in [0.25, 0.3) is 10.4 Å². The van der Waals surface area contributed by atoms with Crippen molar-refractivity contribution in [3.63, 3.8) is 0 Å². The zero-order chi connectivity index (χ0) is 23.4. The van der Waals surface area contributed by atoms with Crippen LogP contribution in [0, 0.1) is 0 Å². The van der Waals surface area contributed by atoms with Crippen LogP contribution in [0.1, 0.15) is 30.7 Å². The smallest absolute Gasteiger partial charge is 0.184 e. The Bertz CT molecular complexity index is 998. The Morgan fingerprint density at radius 3 is 2.88 bits per heavy atom. The van der Waals surface area contributed by atoms with Gasteiger partial charge in [0, 0.05) is 21.6 Å². The molecule has 0 amide bonds. The van der Waals surface area contributed by atoms with Crippen molar-refractivity contribution in [2.45, 2.75) is 54.1 Å². The van der Waals surface area contributed by atoms with Crippen LogP contribution in [0.2, 0.25) is 5.02 Å². The Morgan fingerprint density at radius 2 is 2.15 bits per heavy atom. The van der Waals surface area contributed by atoms with Crippen LogP contribution >= 0.6 is 23.4 Å². The Kier molecular flexibility index (Phi) is 8.07. The minimum absolute atomic E-state index is 0.187. The van der Waals surface area contributed by atoms with Crippen molar-refractivity contribution in [2.24, 2.45) is 5.11 Å². The van der Waals surface area contributed by atoms with Crippen LogP contribution in [0.15, 0.2) is 52.6 Å². The summed E-state index contributed by atoms with van der Waals surface area (Å²) in [4.78, 5) is 7.68. The number of azide groups is 1. The summed E-state index contributed by atoms with van der Waals surface area (Å²) in [7, 11) is 0. The second-order valence-corrected chi connectivity index (χ2v) is 9.10. The van der Waals surface area contributed by atoms with Gasteiger partial charge in [0.1, 0.15) is 30.0 Å². The first-order chi connectivity index (χ1) is 16.0. The van der Waals surface area contributed by atoms with Crippen molar-refractivity contribution in [1.29, 1.82) is 0 Å². The molecule has 4 unspecified atom stereocenters. The SMILES string of the molecule is CCNC(O)c1ncc(Cl)cc1S[C@H]1OC2COC(c3ccccc3)O[C@@H]2C(N=[N+]=[N-])[C@H]1O. The van der Waals surface area contributed by atoms with Crippen molar-refractivity contribution < 1.29 is 24.4 Å². The van der Waals surface area contributed by atoms with Gasteiger partial charge < -0.3 is 24.4 Å². The molecule has 1 aromatic carbocycles. The van der Waals surface area contributed by atoms with Crippen LogP contribution in [0.4, 0.5) is 0 Å². The molecule has 2 saturated heterocycles. The van der Waals surface area contributed by atoms with Gasteiger partial charge in [-0.1, -0.05) is 65.7 Å². The molecule has 0 radical (unpaired) electrons. The number of benzene rings is 1. The molecule has 176 valence electrons. The van der Waals surface area contributed by atoms with Gasteiger partial charge >= 0.3 is 0 Å². The third-order valence-corrected chi connectivity index (χ3v) is 6.75. The molecule has 2 aromatic rings. The number of aliphatic hydroxyl groups is 2. The van der Waals surface area contributed by atoms with E-state index in [0.29, 0.717) is 22.2 Å². The van der Waals surface area contributed by atoms with Crippen LogP contribution in [0.5, 0.6) is 0 Å².